The molecule has 0 fully saturated rings. The molecule has 72 valence electrons. The van der Waals surface area contributed by atoms with E-state index in [1.165, 1.54) is 11.8 Å². The van der Waals surface area contributed by atoms with Gasteiger partial charge >= 0.3 is 0 Å². The number of rotatable bonds is 4. The minimum atomic E-state index is -0.462. The van der Waals surface area contributed by atoms with Crippen molar-refractivity contribution in [2.75, 3.05) is 12.4 Å². The first kappa shape index (κ1) is 10.5. The average molecular weight is 199 g/mol. The number of aliphatic hydroxyl groups excluding tert-OH is 2. The van der Waals surface area contributed by atoms with Crippen molar-refractivity contribution in [2.24, 2.45) is 0 Å². The molecule has 1 aromatic rings. The second kappa shape index (κ2) is 5.21. The van der Waals surface area contributed by atoms with Gasteiger partial charge in [-0.1, -0.05) is 0 Å². The van der Waals surface area contributed by atoms with Gasteiger partial charge in [0.25, 0.3) is 0 Å². The summed E-state index contributed by atoms with van der Waals surface area (Å²) in [6, 6.07) is 3.62. The van der Waals surface area contributed by atoms with E-state index in [2.05, 4.69) is 4.98 Å². The average Bonchev–Trinajstić information content (AvgIpc) is 2.15. The lowest BCUT2D eigenvalue weighted by Crippen LogP contribution is -1.93. The van der Waals surface area contributed by atoms with E-state index in [9.17, 15) is 5.11 Å². The number of hydrogen-bond acceptors (Lipinski definition) is 4. The summed E-state index contributed by atoms with van der Waals surface area (Å²) in [5.74, 6) is 0.635. The van der Waals surface area contributed by atoms with Crippen LogP contribution in [-0.2, 0) is 0 Å². The summed E-state index contributed by atoms with van der Waals surface area (Å²) in [7, 11) is 0. The van der Waals surface area contributed by atoms with Gasteiger partial charge in [-0.2, -0.15) is 0 Å². The molecular formula is C9H13NO2S. The zero-order valence-corrected chi connectivity index (χ0v) is 8.29. The van der Waals surface area contributed by atoms with E-state index in [0.29, 0.717) is 5.75 Å². The van der Waals surface area contributed by atoms with Crippen molar-refractivity contribution in [3.63, 3.8) is 0 Å². The van der Waals surface area contributed by atoms with Crippen LogP contribution >= 0.6 is 11.8 Å². The second-order valence-electron chi connectivity index (χ2n) is 2.68. The molecule has 1 atom stereocenters. The van der Waals surface area contributed by atoms with Gasteiger partial charge in [0.05, 0.1) is 17.7 Å². The second-order valence-corrected chi connectivity index (χ2v) is 3.79. The molecule has 2 N–H and O–H groups in total. The molecule has 0 saturated carbocycles. The first-order chi connectivity index (χ1) is 6.24. The third-order valence-corrected chi connectivity index (χ3v) is 2.49. The van der Waals surface area contributed by atoms with Crippen molar-refractivity contribution >= 4 is 11.8 Å². The Balaban J connectivity index is 2.68. The highest BCUT2D eigenvalue weighted by molar-refractivity contribution is 7.99. The van der Waals surface area contributed by atoms with Crippen molar-refractivity contribution in [1.29, 1.82) is 0 Å². The minimum absolute atomic E-state index is 0.144. The minimum Gasteiger partial charge on any atom is -0.396 e. The van der Waals surface area contributed by atoms with Crippen LogP contribution in [-0.4, -0.2) is 27.6 Å². The maximum Gasteiger partial charge on any atom is 0.0964 e. The van der Waals surface area contributed by atoms with Gasteiger partial charge in [0, 0.05) is 11.9 Å². The Bertz CT molecular complexity index is 266. The van der Waals surface area contributed by atoms with E-state index >= 15 is 0 Å². The van der Waals surface area contributed by atoms with Gasteiger partial charge < -0.3 is 10.2 Å². The third-order valence-electron chi connectivity index (χ3n) is 1.58. The first-order valence-electron chi connectivity index (χ1n) is 4.11. The summed E-state index contributed by atoms with van der Waals surface area (Å²) in [5.41, 5.74) is 0.857. The predicted octanol–water partition coefficient (Wildman–Crippen LogP) is 1.22. The van der Waals surface area contributed by atoms with E-state index in [1.54, 1.807) is 19.2 Å². The molecule has 0 radical (unpaired) electrons. The highest BCUT2D eigenvalue weighted by Gasteiger charge is 2.02. The van der Waals surface area contributed by atoms with Crippen LogP contribution in [0.15, 0.2) is 23.4 Å². The van der Waals surface area contributed by atoms with Crippen molar-refractivity contribution in [2.45, 2.75) is 18.1 Å². The molecule has 4 heteroatoms. The molecule has 0 aromatic carbocycles. The van der Waals surface area contributed by atoms with Gasteiger partial charge in [0.2, 0.25) is 0 Å². The zero-order chi connectivity index (χ0) is 9.68. The molecule has 0 amide bonds. The van der Waals surface area contributed by atoms with Crippen LogP contribution in [0, 0.1) is 0 Å². The Hall–Kier alpha value is -0.580. The quantitative estimate of drug-likeness (QED) is 0.716. The smallest absolute Gasteiger partial charge is 0.0964 e. The fourth-order valence-electron chi connectivity index (χ4n) is 0.914. The monoisotopic (exact) mass is 199 g/mol. The molecule has 1 aromatic heterocycles. The van der Waals surface area contributed by atoms with E-state index < -0.39 is 6.10 Å². The van der Waals surface area contributed by atoms with Crippen LogP contribution in [0.25, 0.3) is 0 Å². The number of thioether (sulfide) groups is 1. The number of nitrogens with zero attached hydrogens (tertiary/aromatic N) is 1. The van der Waals surface area contributed by atoms with Gasteiger partial charge in [0.15, 0.2) is 0 Å². The first-order valence-corrected chi connectivity index (χ1v) is 5.10. The lowest BCUT2D eigenvalue weighted by atomic mass is 10.2. The molecule has 0 aliphatic carbocycles. The molecule has 0 saturated heterocycles. The Morgan fingerprint density at radius 2 is 2.38 bits per heavy atom. The molecule has 0 spiro atoms. The van der Waals surface area contributed by atoms with Gasteiger partial charge in [-0.15, -0.1) is 11.8 Å². The lowest BCUT2D eigenvalue weighted by Gasteiger charge is -2.05. The van der Waals surface area contributed by atoms with Gasteiger partial charge in [0.1, 0.15) is 0 Å². The maximum absolute atomic E-state index is 9.29. The Labute approximate surface area is 81.8 Å². The zero-order valence-electron chi connectivity index (χ0n) is 7.47. The summed E-state index contributed by atoms with van der Waals surface area (Å²) in [5, 5.41) is 18.7. The highest BCUT2D eigenvalue weighted by Crippen LogP contribution is 2.19. The highest BCUT2D eigenvalue weighted by atomic mass is 32.2. The topological polar surface area (TPSA) is 53.4 Å². The third kappa shape index (κ3) is 3.34. The van der Waals surface area contributed by atoms with Gasteiger partial charge in [-0.3, -0.25) is 0 Å². The van der Waals surface area contributed by atoms with Gasteiger partial charge in [-0.05, 0) is 24.6 Å². The van der Waals surface area contributed by atoms with Crippen molar-refractivity contribution in [3.05, 3.63) is 23.9 Å². The molecule has 1 rings (SSSR count). The van der Waals surface area contributed by atoms with Crippen molar-refractivity contribution < 1.29 is 10.2 Å². The van der Waals surface area contributed by atoms with Crippen LogP contribution in [0.5, 0.6) is 0 Å². The summed E-state index contributed by atoms with van der Waals surface area (Å²) in [6.07, 6.45) is 1.21. The molecule has 3 nitrogen and oxygen atoms in total. The standard InChI is InChI=1S/C9H13NO2S/c1-7(12)8-2-3-10-9(6-8)13-5-4-11/h2-3,6-7,11-12H,4-5H2,1H3/t7-/m0/s1. The van der Waals surface area contributed by atoms with Crippen LogP contribution in [0.2, 0.25) is 0 Å². The Morgan fingerprint density at radius 1 is 1.62 bits per heavy atom. The lowest BCUT2D eigenvalue weighted by molar-refractivity contribution is 0.199. The fourth-order valence-corrected chi connectivity index (χ4v) is 1.57. The molecule has 0 unspecified atom stereocenters. The molecule has 0 aliphatic rings. The number of aliphatic hydroxyl groups is 2. The number of hydrogen-bond donors (Lipinski definition) is 2. The summed E-state index contributed by atoms with van der Waals surface area (Å²) < 4.78 is 0. The Morgan fingerprint density at radius 3 is 3.00 bits per heavy atom. The van der Waals surface area contributed by atoms with E-state index in [4.69, 9.17) is 5.11 Å². The summed E-state index contributed by atoms with van der Waals surface area (Å²) >= 11 is 1.48. The van der Waals surface area contributed by atoms with E-state index in [0.717, 1.165) is 10.6 Å². The predicted molar refractivity (Wildman–Crippen MR) is 52.7 cm³/mol. The van der Waals surface area contributed by atoms with E-state index in [-0.39, 0.29) is 6.61 Å². The maximum atomic E-state index is 9.29. The summed E-state index contributed by atoms with van der Waals surface area (Å²) in [4.78, 5) is 4.10. The SMILES string of the molecule is C[C@H](O)c1ccnc(SCCO)c1. The van der Waals surface area contributed by atoms with Crippen molar-refractivity contribution in [3.8, 4) is 0 Å². The van der Waals surface area contributed by atoms with E-state index in [1.807, 2.05) is 6.07 Å². The Kier molecular flexibility index (Phi) is 4.21. The van der Waals surface area contributed by atoms with Crippen molar-refractivity contribution in [1.82, 2.24) is 4.98 Å². The molecule has 0 bridgehead atoms. The van der Waals surface area contributed by atoms with Crippen LogP contribution in [0.3, 0.4) is 0 Å². The fraction of sp³-hybridized carbons (Fsp3) is 0.444. The molecular weight excluding hydrogens is 186 g/mol. The molecule has 1 heterocycles. The van der Waals surface area contributed by atoms with Crippen LogP contribution in [0.4, 0.5) is 0 Å². The molecule has 0 aliphatic heterocycles. The largest absolute Gasteiger partial charge is 0.396 e. The number of pyridine rings is 1. The normalized spacial score (nSPS) is 12.8. The van der Waals surface area contributed by atoms with Gasteiger partial charge in [-0.25, -0.2) is 4.98 Å². The number of aromatic nitrogens is 1. The van der Waals surface area contributed by atoms with Crippen LogP contribution in [0.1, 0.15) is 18.6 Å². The summed E-state index contributed by atoms with van der Waals surface area (Å²) in [6.45, 7) is 1.86. The molecule has 13 heavy (non-hydrogen) atoms. The van der Waals surface area contributed by atoms with Crippen LogP contribution < -0.4 is 0 Å².